The summed E-state index contributed by atoms with van der Waals surface area (Å²) in [4.78, 5) is 0. The molecule has 0 aliphatic heterocycles. The van der Waals surface area contributed by atoms with Gasteiger partial charge in [0.05, 0.1) is 74.1 Å². The van der Waals surface area contributed by atoms with E-state index >= 15 is 0 Å². The molecule has 8 heteroatoms. The molecule has 0 rings (SSSR count). The van der Waals surface area contributed by atoms with E-state index in [4.69, 9.17) is 14.2 Å². The van der Waals surface area contributed by atoms with Crippen LogP contribution in [0.25, 0.3) is 0 Å². The number of hydrogen-bond donors (Lipinski definition) is 5. The van der Waals surface area contributed by atoms with Crippen molar-refractivity contribution in [3.63, 3.8) is 0 Å². The van der Waals surface area contributed by atoms with E-state index in [0.717, 1.165) is 0 Å². The van der Waals surface area contributed by atoms with Crippen LogP contribution in [0.4, 0.5) is 0 Å². The topological polar surface area (TPSA) is 129 Å². The largest absolute Gasteiger partial charge is 0.393 e. The average molecular weight is 425 g/mol. The summed E-state index contributed by atoms with van der Waals surface area (Å²) in [5, 5.41) is 50.6. The second-order valence-corrected chi connectivity index (χ2v) is 8.68. The summed E-state index contributed by atoms with van der Waals surface area (Å²) in [5.41, 5.74) is -1.09. The Balaban J connectivity index is 5.78. The SMILES string of the molecule is CC(O)C(C)OCC(COC(C)C(C)O)(COC(C)C(C)O)C(O)C(C)C(C)O. The minimum Gasteiger partial charge on any atom is -0.393 e. The molecule has 0 aliphatic rings. The molecule has 0 heterocycles. The summed E-state index contributed by atoms with van der Waals surface area (Å²) < 4.78 is 17.5. The highest BCUT2D eigenvalue weighted by Gasteiger charge is 2.44. The Morgan fingerprint density at radius 1 is 0.517 bits per heavy atom. The van der Waals surface area contributed by atoms with E-state index < -0.39 is 60.2 Å². The third kappa shape index (κ3) is 9.57. The molecular weight excluding hydrogens is 380 g/mol. The van der Waals surface area contributed by atoms with Gasteiger partial charge >= 0.3 is 0 Å². The maximum atomic E-state index is 11.2. The zero-order valence-electron chi connectivity index (χ0n) is 19.3. The summed E-state index contributed by atoms with van der Waals surface area (Å²) in [5.74, 6) is -0.517. The van der Waals surface area contributed by atoms with Crippen LogP contribution in [0, 0.1) is 11.3 Å². The van der Waals surface area contributed by atoms with Crippen LogP contribution in [-0.4, -0.2) is 94.2 Å². The highest BCUT2D eigenvalue weighted by Crippen LogP contribution is 2.32. The van der Waals surface area contributed by atoms with Gasteiger partial charge in [-0.25, -0.2) is 0 Å². The van der Waals surface area contributed by atoms with Gasteiger partial charge < -0.3 is 39.7 Å². The lowest BCUT2D eigenvalue weighted by molar-refractivity contribution is -0.189. The summed E-state index contributed by atoms with van der Waals surface area (Å²) in [6.07, 6.45) is -5.48. The fraction of sp³-hybridized carbons (Fsp3) is 1.00. The van der Waals surface area contributed by atoms with E-state index in [0.29, 0.717) is 0 Å². The molecule has 0 aromatic rings. The van der Waals surface area contributed by atoms with Gasteiger partial charge in [0.15, 0.2) is 0 Å². The van der Waals surface area contributed by atoms with Crippen molar-refractivity contribution in [2.45, 2.75) is 104 Å². The summed E-state index contributed by atoms with van der Waals surface area (Å²) in [6.45, 7) is 13.3. The molecule has 0 saturated heterocycles. The molecule has 29 heavy (non-hydrogen) atoms. The van der Waals surface area contributed by atoms with Crippen molar-refractivity contribution in [1.82, 2.24) is 0 Å². The molecule has 0 amide bonds. The van der Waals surface area contributed by atoms with Crippen molar-refractivity contribution in [2.24, 2.45) is 11.3 Å². The Labute approximate surface area is 175 Å². The number of ether oxygens (including phenoxy) is 3. The van der Waals surface area contributed by atoms with Gasteiger partial charge in [-0.3, -0.25) is 0 Å². The molecular formula is C21H44O8. The van der Waals surface area contributed by atoms with Crippen molar-refractivity contribution >= 4 is 0 Å². The van der Waals surface area contributed by atoms with Crippen molar-refractivity contribution in [1.29, 1.82) is 0 Å². The smallest absolute Gasteiger partial charge is 0.0803 e. The fourth-order valence-electron chi connectivity index (χ4n) is 2.51. The Kier molecular flexibility index (Phi) is 13.0. The van der Waals surface area contributed by atoms with Gasteiger partial charge in [-0.2, -0.15) is 0 Å². The lowest BCUT2D eigenvalue weighted by Gasteiger charge is -2.42. The predicted octanol–water partition coefficient (Wildman–Crippen LogP) is 0.708. The van der Waals surface area contributed by atoms with Crippen LogP contribution in [0.3, 0.4) is 0 Å². The molecule has 0 bridgehead atoms. The maximum Gasteiger partial charge on any atom is 0.0803 e. The van der Waals surface area contributed by atoms with E-state index in [9.17, 15) is 25.5 Å². The third-order valence-electron chi connectivity index (χ3n) is 5.83. The first-order valence-corrected chi connectivity index (χ1v) is 10.5. The number of aliphatic hydroxyl groups excluding tert-OH is 5. The van der Waals surface area contributed by atoms with Crippen LogP contribution < -0.4 is 0 Å². The van der Waals surface area contributed by atoms with Crippen molar-refractivity contribution in [3.8, 4) is 0 Å². The van der Waals surface area contributed by atoms with E-state index in [-0.39, 0.29) is 19.8 Å². The van der Waals surface area contributed by atoms with Crippen LogP contribution in [0.2, 0.25) is 0 Å². The molecule has 0 fully saturated rings. The van der Waals surface area contributed by atoms with E-state index in [1.807, 2.05) is 0 Å². The lowest BCUT2D eigenvalue weighted by atomic mass is 9.76. The summed E-state index contributed by atoms with van der Waals surface area (Å²) in [7, 11) is 0. The van der Waals surface area contributed by atoms with Gasteiger partial charge in [0.1, 0.15) is 0 Å². The molecule has 0 spiro atoms. The Hall–Kier alpha value is -0.320. The van der Waals surface area contributed by atoms with Gasteiger partial charge in [0, 0.05) is 5.92 Å². The van der Waals surface area contributed by atoms with Gasteiger partial charge in [0.25, 0.3) is 0 Å². The van der Waals surface area contributed by atoms with Crippen LogP contribution in [-0.2, 0) is 14.2 Å². The van der Waals surface area contributed by atoms with Crippen LogP contribution in [0.1, 0.15) is 55.4 Å². The lowest BCUT2D eigenvalue weighted by Crippen LogP contribution is -2.54. The second kappa shape index (κ2) is 13.2. The maximum absolute atomic E-state index is 11.2. The minimum atomic E-state index is -1.09. The quantitative estimate of drug-likeness (QED) is 0.260. The number of aliphatic hydroxyl groups is 5. The van der Waals surface area contributed by atoms with Crippen molar-refractivity contribution in [2.75, 3.05) is 19.8 Å². The number of rotatable bonds is 15. The summed E-state index contributed by atoms with van der Waals surface area (Å²) >= 11 is 0. The first-order valence-electron chi connectivity index (χ1n) is 10.5. The average Bonchev–Trinajstić information content (AvgIpc) is 2.64. The standard InChI is InChI=1S/C21H44O8/c1-12(13(2)22)20(26)21(9-27-17(6)14(3)23,10-28-18(7)15(4)24)11-29-19(8)16(5)25/h12-20,22-26H,9-11H2,1-8H3. The molecule has 0 aromatic heterocycles. The molecule has 0 aromatic carbocycles. The predicted molar refractivity (Wildman–Crippen MR) is 111 cm³/mol. The molecule has 0 aliphatic carbocycles. The molecule has 9 atom stereocenters. The van der Waals surface area contributed by atoms with Gasteiger partial charge in [-0.05, 0) is 48.5 Å². The van der Waals surface area contributed by atoms with Crippen LogP contribution in [0.15, 0.2) is 0 Å². The molecule has 9 unspecified atom stereocenters. The molecule has 0 saturated carbocycles. The highest BCUT2D eigenvalue weighted by molar-refractivity contribution is 4.92. The van der Waals surface area contributed by atoms with Gasteiger partial charge in [0.2, 0.25) is 0 Å². The first kappa shape index (κ1) is 28.7. The molecule has 5 N–H and O–H groups in total. The first-order chi connectivity index (χ1) is 13.2. The zero-order valence-corrected chi connectivity index (χ0v) is 19.3. The number of hydrogen-bond acceptors (Lipinski definition) is 8. The zero-order chi connectivity index (χ0) is 22.9. The van der Waals surface area contributed by atoms with E-state index in [1.54, 1.807) is 55.4 Å². The van der Waals surface area contributed by atoms with Gasteiger partial charge in [-0.1, -0.05) is 6.92 Å². The second-order valence-electron chi connectivity index (χ2n) is 8.68. The Morgan fingerprint density at radius 3 is 1.00 bits per heavy atom. The monoisotopic (exact) mass is 424 g/mol. The Bertz CT molecular complexity index is 381. The van der Waals surface area contributed by atoms with Crippen molar-refractivity contribution in [3.05, 3.63) is 0 Å². The van der Waals surface area contributed by atoms with Crippen LogP contribution in [0.5, 0.6) is 0 Å². The van der Waals surface area contributed by atoms with E-state index in [2.05, 4.69) is 0 Å². The normalized spacial score (nSPS) is 23.9. The molecule has 8 nitrogen and oxygen atoms in total. The highest BCUT2D eigenvalue weighted by atomic mass is 16.5. The van der Waals surface area contributed by atoms with Crippen molar-refractivity contribution < 1.29 is 39.7 Å². The molecule has 0 radical (unpaired) electrons. The Morgan fingerprint density at radius 2 is 0.793 bits per heavy atom. The molecule has 176 valence electrons. The fourth-order valence-corrected chi connectivity index (χ4v) is 2.51. The van der Waals surface area contributed by atoms with Crippen LogP contribution >= 0.6 is 0 Å². The van der Waals surface area contributed by atoms with Gasteiger partial charge in [-0.15, -0.1) is 0 Å². The minimum absolute atomic E-state index is 0.00362. The van der Waals surface area contributed by atoms with E-state index in [1.165, 1.54) is 0 Å². The third-order valence-corrected chi connectivity index (χ3v) is 5.83. The summed E-state index contributed by atoms with van der Waals surface area (Å²) in [6, 6.07) is 0.